The van der Waals surface area contributed by atoms with Crippen LogP contribution in [0.4, 0.5) is 0 Å². The molecule has 2 N–H and O–H groups in total. The van der Waals surface area contributed by atoms with Crippen molar-refractivity contribution in [2.75, 3.05) is 18.2 Å². The average molecular weight is 242 g/mol. The molecule has 1 aliphatic rings. The van der Waals surface area contributed by atoms with Gasteiger partial charge in [-0.1, -0.05) is 0 Å². The van der Waals surface area contributed by atoms with Gasteiger partial charge in [0.15, 0.2) is 0 Å². The Balaban J connectivity index is 1.67. The van der Waals surface area contributed by atoms with Crippen molar-refractivity contribution in [3.63, 3.8) is 0 Å². The molecule has 1 saturated heterocycles. The van der Waals surface area contributed by atoms with Crippen LogP contribution in [0.3, 0.4) is 0 Å². The van der Waals surface area contributed by atoms with Gasteiger partial charge in [-0.05, 0) is 28.8 Å². The van der Waals surface area contributed by atoms with Crippen molar-refractivity contribution >= 4 is 29.0 Å². The molecule has 2 rings (SSSR count). The fraction of sp³-hybridized carbons (Fsp3) is 0.500. The van der Waals surface area contributed by atoms with Crippen molar-refractivity contribution in [3.8, 4) is 0 Å². The summed E-state index contributed by atoms with van der Waals surface area (Å²) in [5.74, 6) is 1.92. The molecule has 1 aromatic heterocycles. The number of hydrogen-bond donors (Lipinski definition) is 2. The summed E-state index contributed by atoms with van der Waals surface area (Å²) >= 11 is 3.47. The molecule has 0 unspecified atom stereocenters. The highest BCUT2D eigenvalue weighted by atomic mass is 32.2. The third-order valence-electron chi connectivity index (χ3n) is 2.33. The van der Waals surface area contributed by atoms with E-state index >= 15 is 0 Å². The van der Waals surface area contributed by atoms with Crippen molar-refractivity contribution in [2.45, 2.75) is 12.5 Å². The molecule has 1 amide bonds. The van der Waals surface area contributed by atoms with Gasteiger partial charge in [0.25, 0.3) is 0 Å². The number of carbonyl (C=O) groups is 1. The fourth-order valence-corrected chi connectivity index (χ4v) is 3.10. The monoisotopic (exact) mass is 242 g/mol. The van der Waals surface area contributed by atoms with E-state index in [1.165, 1.54) is 5.56 Å². The first-order valence-corrected chi connectivity index (χ1v) is 7.06. The van der Waals surface area contributed by atoms with Crippen molar-refractivity contribution in [2.24, 2.45) is 0 Å². The Kier molecular flexibility index (Phi) is 4.05. The second kappa shape index (κ2) is 5.53. The van der Waals surface area contributed by atoms with E-state index < -0.39 is 0 Å². The molecule has 5 heteroatoms. The maximum Gasteiger partial charge on any atom is 0.238 e. The van der Waals surface area contributed by atoms with Crippen LogP contribution in [0.1, 0.15) is 5.56 Å². The van der Waals surface area contributed by atoms with E-state index in [9.17, 15) is 4.79 Å². The topological polar surface area (TPSA) is 41.1 Å². The summed E-state index contributed by atoms with van der Waals surface area (Å²) in [6.07, 6.45) is 0.926. The van der Waals surface area contributed by atoms with Crippen LogP contribution in [-0.2, 0) is 11.2 Å². The second-order valence-electron chi connectivity index (χ2n) is 3.44. The van der Waals surface area contributed by atoms with Crippen molar-refractivity contribution < 1.29 is 4.79 Å². The van der Waals surface area contributed by atoms with Crippen molar-refractivity contribution in [1.82, 2.24) is 10.6 Å². The highest BCUT2D eigenvalue weighted by molar-refractivity contribution is 7.99. The van der Waals surface area contributed by atoms with E-state index in [1.807, 2.05) is 0 Å². The predicted octanol–water partition coefficient (Wildman–Crippen LogP) is 1.07. The van der Waals surface area contributed by atoms with Crippen LogP contribution in [0.15, 0.2) is 16.8 Å². The van der Waals surface area contributed by atoms with Gasteiger partial charge in [-0.3, -0.25) is 10.1 Å². The average Bonchev–Trinajstić information content (AvgIpc) is 2.90. The summed E-state index contributed by atoms with van der Waals surface area (Å²) in [7, 11) is 0. The minimum atomic E-state index is 0.0116. The van der Waals surface area contributed by atoms with Crippen LogP contribution in [0.25, 0.3) is 0 Å². The Morgan fingerprint density at radius 3 is 3.27 bits per heavy atom. The van der Waals surface area contributed by atoms with Crippen LogP contribution >= 0.6 is 23.1 Å². The molecule has 0 saturated carbocycles. The summed E-state index contributed by atoms with van der Waals surface area (Å²) in [4.78, 5) is 11.6. The van der Waals surface area contributed by atoms with Gasteiger partial charge in [-0.2, -0.15) is 11.3 Å². The summed E-state index contributed by atoms with van der Waals surface area (Å²) < 4.78 is 0. The molecule has 1 fully saturated rings. The highest BCUT2D eigenvalue weighted by Crippen LogP contribution is 2.09. The molecule has 1 aromatic rings. The van der Waals surface area contributed by atoms with Crippen LogP contribution in [0.5, 0.6) is 0 Å². The third-order valence-corrected chi connectivity index (χ3v) is 4.00. The molecule has 1 atom stereocenters. The van der Waals surface area contributed by atoms with Gasteiger partial charge in [-0.25, -0.2) is 0 Å². The number of thioether (sulfide) groups is 1. The Labute approximate surface area is 97.6 Å². The molecule has 2 heterocycles. The number of amides is 1. The van der Waals surface area contributed by atoms with E-state index in [1.54, 1.807) is 23.1 Å². The van der Waals surface area contributed by atoms with Crippen LogP contribution in [0.2, 0.25) is 0 Å². The SMILES string of the molecule is O=C(NCCc1ccsc1)[C@H]1CSCN1. The number of carbonyl (C=O) groups excluding carboxylic acids is 1. The molecule has 0 aromatic carbocycles. The number of hydrogen-bond acceptors (Lipinski definition) is 4. The van der Waals surface area contributed by atoms with E-state index in [2.05, 4.69) is 27.5 Å². The normalized spacial score (nSPS) is 20.4. The first-order valence-electron chi connectivity index (χ1n) is 4.96. The van der Waals surface area contributed by atoms with Gasteiger partial charge in [0.1, 0.15) is 0 Å². The molecular formula is C10H14N2OS2. The zero-order chi connectivity index (χ0) is 10.5. The Morgan fingerprint density at radius 2 is 2.60 bits per heavy atom. The molecule has 0 bridgehead atoms. The highest BCUT2D eigenvalue weighted by Gasteiger charge is 2.21. The van der Waals surface area contributed by atoms with Gasteiger partial charge >= 0.3 is 0 Å². The summed E-state index contributed by atoms with van der Waals surface area (Å²) in [6.45, 7) is 0.735. The Morgan fingerprint density at radius 1 is 1.67 bits per heavy atom. The van der Waals surface area contributed by atoms with Gasteiger partial charge in [0.2, 0.25) is 5.91 Å². The van der Waals surface area contributed by atoms with Crippen molar-refractivity contribution in [3.05, 3.63) is 22.4 Å². The first kappa shape index (κ1) is 11.0. The third kappa shape index (κ3) is 3.22. The quantitative estimate of drug-likeness (QED) is 0.830. The lowest BCUT2D eigenvalue weighted by atomic mass is 10.2. The van der Waals surface area contributed by atoms with Crippen LogP contribution in [-0.4, -0.2) is 30.1 Å². The summed E-state index contributed by atoms with van der Waals surface area (Å²) in [5, 5.41) is 10.3. The lowest BCUT2D eigenvalue weighted by molar-refractivity contribution is -0.122. The number of rotatable bonds is 4. The zero-order valence-corrected chi connectivity index (χ0v) is 10.00. The van der Waals surface area contributed by atoms with Crippen LogP contribution < -0.4 is 10.6 Å². The molecule has 82 valence electrons. The molecular weight excluding hydrogens is 228 g/mol. The molecule has 0 spiro atoms. The lowest BCUT2D eigenvalue weighted by Crippen LogP contribution is -2.42. The fourth-order valence-electron chi connectivity index (χ4n) is 1.45. The second-order valence-corrected chi connectivity index (χ2v) is 5.25. The molecule has 3 nitrogen and oxygen atoms in total. The maximum atomic E-state index is 11.6. The van der Waals surface area contributed by atoms with E-state index in [-0.39, 0.29) is 11.9 Å². The number of nitrogens with one attached hydrogen (secondary N) is 2. The maximum absolute atomic E-state index is 11.6. The van der Waals surface area contributed by atoms with E-state index in [4.69, 9.17) is 0 Å². The molecule has 1 aliphatic heterocycles. The molecule has 0 radical (unpaired) electrons. The van der Waals surface area contributed by atoms with Gasteiger partial charge < -0.3 is 5.32 Å². The largest absolute Gasteiger partial charge is 0.354 e. The lowest BCUT2D eigenvalue weighted by Gasteiger charge is -2.09. The minimum absolute atomic E-state index is 0.0116. The van der Waals surface area contributed by atoms with Gasteiger partial charge in [0, 0.05) is 18.2 Å². The smallest absolute Gasteiger partial charge is 0.238 e. The van der Waals surface area contributed by atoms with Crippen molar-refractivity contribution in [1.29, 1.82) is 0 Å². The Hall–Kier alpha value is -0.520. The minimum Gasteiger partial charge on any atom is -0.354 e. The van der Waals surface area contributed by atoms with Gasteiger partial charge in [0.05, 0.1) is 6.04 Å². The van der Waals surface area contributed by atoms with E-state index in [0.29, 0.717) is 0 Å². The zero-order valence-electron chi connectivity index (χ0n) is 8.36. The van der Waals surface area contributed by atoms with Crippen LogP contribution in [0, 0.1) is 0 Å². The summed E-state index contributed by atoms with van der Waals surface area (Å²) in [5.41, 5.74) is 1.30. The molecule has 15 heavy (non-hydrogen) atoms. The number of thiophene rings is 1. The molecule has 0 aliphatic carbocycles. The summed E-state index contributed by atoms with van der Waals surface area (Å²) in [6, 6.07) is 2.11. The Bertz CT molecular complexity index is 307. The van der Waals surface area contributed by atoms with E-state index in [0.717, 1.165) is 24.6 Å². The predicted molar refractivity (Wildman–Crippen MR) is 65.3 cm³/mol. The van der Waals surface area contributed by atoms with Gasteiger partial charge in [-0.15, -0.1) is 11.8 Å². The first-order chi connectivity index (χ1) is 7.36. The standard InChI is InChI=1S/C10H14N2OS2/c13-10(9-6-15-7-12-9)11-3-1-8-2-4-14-5-8/h2,4-5,9,12H,1,3,6-7H2,(H,11,13)/t9-/m1/s1.